The highest BCUT2D eigenvalue weighted by Crippen LogP contribution is 2.22. The molecule has 0 aliphatic rings. The fourth-order valence-corrected chi connectivity index (χ4v) is 3.08. The van der Waals surface area contributed by atoms with Crippen molar-refractivity contribution in [2.24, 2.45) is 5.73 Å². The van der Waals surface area contributed by atoms with Crippen molar-refractivity contribution in [2.75, 3.05) is 0 Å². The molecule has 2 aromatic rings. The third-order valence-corrected chi connectivity index (χ3v) is 4.61. The molecule has 2 N–H and O–H groups in total. The molecule has 20 heavy (non-hydrogen) atoms. The highest BCUT2D eigenvalue weighted by atomic mass is 35.5. The van der Waals surface area contributed by atoms with E-state index < -0.39 is 0 Å². The van der Waals surface area contributed by atoms with Gasteiger partial charge < -0.3 is 5.73 Å². The molecule has 0 amide bonds. The smallest absolute Gasteiger partial charge is 0.0454 e. The maximum atomic E-state index is 6.36. The second-order valence-corrected chi connectivity index (χ2v) is 6.65. The lowest BCUT2D eigenvalue weighted by Gasteiger charge is -2.26. The van der Waals surface area contributed by atoms with E-state index in [1.807, 2.05) is 6.07 Å². The first-order valence-electron chi connectivity index (χ1n) is 6.84. The van der Waals surface area contributed by atoms with Gasteiger partial charge in [0.15, 0.2) is 0 Å². The van der Waals surface area contributed by atoms with Crippen LogP contribution in [0.15, 0.2) is 35.7 Å². The first-order valence-corrected chi connectivity index (χ1v) is 8.09. The van der Waals surface area contributed by atoms with Crippen LogP contribution in [0.1, 0.15) is 29.9 Å². The molecule has 0 aliphatic carbocycles. The Morgan fingerprint density at radius 2 is 2.05 bits per heavy atom. The van der Waals surface area contributed by atoms with Crippen molar-refractivity contribution in [3.63, 3.8) is 0 Å². The Balaban J connectivity index is 2.11. The predicted molar refractivity (Wildman–Crippen MR) is 88.0 cm³/mol. The Kier molecular flexibility index (Phi) is 5.61. The molecule has 1 heterocycles. The molecule has 0 fully saturated rings. The Labute approximate surface area is 130 Å². The van der Waals surface area contributed by atoms with Crippen molar-refractivity contribution in [1.29, 1.82) is 0 Å². The Morgan fingerprint density at radius 1 is 1.25 bits per heavy atom. The predicted octanol–water partition coefficient (Wildman–Crippen LogP) is 4.27. The number of nitrogens with zero attached hydrogens (tertiary/aromatic N) is 1. The molecule has 1 aromatic heterocycles. The van der Waals surface area contributed by atoms with E-state index in [0.717, 1.165) is 29.2 Å². The third-order valence-electron chi connectivity index (χ3n) is 3.40. The second kappa shape index (κ2) is 7.23. The topological polar surface area (TPSA) is 29.3 Å². The Morgan fingerprint density at radius 3 is 2.60 bits per heavy atom. The molecular formula is C16H21ClN2S. The highest BCUT2D eigenvalue weighted by molar-refractivity contribution is 7.09. The van der Waals surface area contributed by atoms with Crippen LogP contribution in [0, 0.1) is 0 Å². The van der Waals surface area contributed by atoms with Gasteiger partial charge in [-0.2, -0.15) is 0 Å². The second-order valence-electron chi connectivity index (χ2n) is 5.21. The van der Waals surface area contributed by atoms with Gasteiger partial charge in [0, 0.05) is 35.6 Å². The highest BCUT2D eigenvalue weighted by Gasteiger charge is 2.13. The lowest BCUT2D eigenvalue weighted by molar-refractivity contribution is 0.205. The van der Waals surface area contributed by atoms with E-state index in [9.17, 15) is 0 Å². The van der Waals surface area contributed by atoms with Crippen LogP contribution in [-0.4, -0.2) is 10.9 Å². The zero-order chi connectivity index (χ0) is 14.5. The summed E-state index contributed by atoms with van der Waals surface area (Å²) in [5, 5.41) is 2.93. The number of rotatable bonds is 6. The molecule has 0 bridgehead atoms. The van der Waals surface area contributed by atoms with Crippen LogP contribution in [0.25, 0.3) is 0 Å². The van der Waals surface area contributed by atoms with E-state index in [0.29, 0.717) is 12.6 Å². The lowest BCUT2D eigenvalue weighted by atomic mass is 10.1. The molecule has 0 aliphatic heterocycles. The normalized spacial score (nSPS) is 11.5. The molecule has 0 radical (unpaired) electrons. The van der Waals surface area contributed by atoms with Crippen LogP contribution in [0.2, 0.25) is 5.02 Å². The fourth-order valence-electron chi connectivity index (χ4n) is 2.09. The van der Waals surface area contributed by atoms with Crippen molar-refractivity contribution in [1.82, 2.24) is 4.90 Å². The molecule has 2 rings (SSSR count). The summed E-state index contributed by atoms with van der Waals surface area (Å²) < 4.78 is 0. The van der Waals surface area contributed by atoms with E-state index in [1.54, 1.807) is 11.3 Å². The van der Waals surface area contributed by atoms with Crippen molar-refractivity contribution in [3.05, 3.63) is 56.7 Å². The van der Waals surface area contributed by atoms with Gasteiger partial charge in [-0.3, -0.25) is 4.90 Å². The van der Waals surface area contributed by atoms with Gasteiger partial charge in [-0.1, -0.05) is 29.8 Å². The van der Waals surface area contributed by atoms with Crippen LogP contribution in [0.4, 0.5) is 0 Å². The van der Waals surface area contributed by atoms with E-state index >= 15 is 0 Å². The van der Waals surface area contributed by atoms with Crippen molar-refractivity contribution in [3.8, 4) is 0 Å². The largest absolute Gasteiger partial charge is 0.326 e. The molecule has 0 unspecified atom stereocenters. The molecule has 108 valence electrons. The molecule has 1 aromatic carbocycles. The number of hydrogen-bond acceptors (Lipinski definition) is 3. The summed E-state index contributed by atoms with van der Waals surface area (Å²) in [4.78, 5) is 3.81. The number of halogens is 1. The molecule has 2 nitrogen and oxygen atoms in total. The van der Waals surface area contributed by atoms with E-state index in [4.69, 9.17) is 17.3 Å². The summed E-state index contributed by atoms with van der Waals surface area (Å²) >= 11 is 8.16. The van der Waals surface area contributed by atoms with Gasteiger partial charge in [-0.15, -0.1) is 11.3 Å². The average molecular weight is 309 g/mol. The van der Waals surface area contributed by atoms with Gasteiger partial charge in [-0.25, -0.2) is 0 Å². The zero-order valence-electron chi connectivity index (χ0n) is 12.0. The Bertz CT molecular complexity index is 537. The van der Waals surface area contributed by atoms with Crippen LogP contribution in [0.5, 0.6) is 0 Å². The minimum atomic E-state index is 0.474. The summed E-state index contributed by atoms with van der Waals surface area (Å²) in [6, 6.07) is 10.9. The standard InChI is InChI=1S/C16H21ClN2S/c1-12(2)19(11-15-4-3-7-20-15)10-14-6-5-13(9-18)8-16(14)17/h3-8,12H,9-11,18H2,1-2H3. The first kappa shape index (κ1) is 15.5. The number of benzene rings is 1. The first-order chi connectivity index (χ1) is 9.60. The summed E-state index contributed by atoms with van der Waals surface area (Å²) in [7, 11) is 0. The van der Waals surface area contributed by atoms with E-state index in [1.165, 1.54) is 4.88 Å². The van der Waals surface area contributed by atoms with Crippen LogP contribution in [0.3, 0.4) is 0 Å². The maximum Gasteiger partial charge on any atom is 0.0454 e. The summed E-state index contributed by atoms with van der Waals surface area (Å²) in [5.41, 5.74) is 7.88. The summed E-state index contributed by atoms with van der Waals surface area (Å²) in [6.45, 7) is 6.79. The average Bonchev–Trinajstić information content (AvgIpc) is 2.92. The SMILES string of the molecule is CC(C)N(Cc1cccs1)Cc1ccc(CN)cc1Cl. The number of hydrogen-bond donors (Lipinski definition) is 1. The van der Waals surface area contributed by atoms with Crippen molar-refractivity contribution in [2.45, 2.75) is 39.5 Å². The van der Waals surface area contributed by atoms with Gasteiger partial charge in [0.2, 0.25) is 0 Å². The molecule has 0 saturated heterocycles. The van der Waals surface area contributed by atoms with Gasteiger partial charge >= 0.3 is 0 Å². The molecule has 4 heteroatoms. The van der Waals surface area contributed by atoms with Crippen LogP contribution < -0.4 is 5.73 Å². The quantitative estimate of drug-likeness (QED) is 0.863. The number of thiophene rings is 1. The third kappa shape index (κ3) is 4.06. The van der Waals surface area contributed by atoms with Gasteiger partial charge in [0.25, 0.3) is 0 Å². The van der Waals surface area contributed by atoms with Crippen LogP contribution >= 0.6 is 22.9 Å². The van der Waals surface area contributed by atoms with Gasteiger partial charge in [0.1, 0.15) is 0 Å². The fraction of sp³-hybridized carbons (Fsp3) is 0.375. The van der Waals surface area contributed by atoms with E-state index in [-0.39, 0.29) is 0 Å². The zero-order valence-corrected chi connectivity index (χ0v) is 13.5. The summed E-state index contributed by atoms with van der Waals surface area (Å²) in [5.74, 6) is 0. The van der Waals surface area contributed by atoms with Crippen LogP contribution in [-0.2, 0) is 19.6 Å². The minimum Gasteiger partial charge on any atom is -0.326 e. The monoisotopic (exact) mass is 308 g/mol. The summed E-state index contributed by atoms with van der Waals surface area (Å²) in [6.07, 6.45) is 0. The minimum absolute atomic E-state index is 0.474. The maximum absolute atomic E-state index is 6.36. The molecule has 0 saturated carbocycles. The lowest BCUT2D eigenvalue weighted by Crippen LogP contribution is -2.29. The van der Waals surface area contributed by atoms with E-state index in [2.05, 4.69) is 48.4 Å². The molecule has 0 spiro atoms. The van der Waals surface area contributed by atoms with Crippen molar-refractivity contribution >= 4 is 22.9 Å². The van der Waals surface area contributed by atoms with Crippen molar-refractivity contribution < 1.29 is 0 Å². The molecular weight excluding hydrogens is 288 g/mol. The Hall–Kier alpha value is -0.870. The number of nitrogens with two attached hydrogens (primary N) is 1. The van der Waals surface area contributed by atoms with Gasteiger partial charge in [-0.05, 0) is 42.5 Å². The van der Waals surface area contributed by atoms with Gasteiger partial charge in [0.05, 0.1) is 0 Å². The molecule has 0 atom stereocenters.